The molecule has 0 unspecified atom stereocenters. The van der Waals surface area contributed by atoms with Gasteiger partial charge in [-0.3, -0.25) is 13.9 Å². The second kappa shape index (κ2) is 4.00. The molecule has 1 heterocycles. The van der Waals surface area contributed by atoms with E-state index < -0.39 is 26.2 Å². The van der Waals surface area contributed by atoms with Crippen molar-refractivity contribution in [2.24, 2.45) is 14.1 Å². The fourth-order valence-electron chi connectivity index (χ4n) is 1.25. The molecule has 9 heteroatoms. The number of nitrogens with two attached hydrogens (primary N) is 1. The number of sulfonamides is 1. The zero-order chi connectivity index (χ0) is 13.5. The largest absolute Gasteiger partial charge is 0.384 e. The Kier molecular flexibility index (Phi) is 3.17. The van der Waals surface area contributed by atoms with Crippen molar-refractivity contribution < 1.29 is 8.42 Å². The van der Waals surface area contributed by atoms with Crippen molar-refractivity contribution in [2.75, 3.05) is 19.8 Å². The molecule has 0 saturated carbocycles. The molecular formula is C8H14N4O4S. The maximum Gasteiger partial charge on any atom is 0.332 e. The molecule has 0 aliphatic heterocycles. The highest BCUT2D eigenvalue weighted by Gasteiger charge is 2.27. The minimum Gasteiger partial charge on any atom is -0.384 e. The Bertz CT molecular complexity index is 668. The summed E-state index contributed by atoms with van der Waals surface area (Å²) in [5.74, 6) is -0.369. The third-order valence-electron chi connectivity index (χ3n) is 2.41. The lowest BCUT2D eigenvalue weighted by Gasteiger charge is -2.15. The van der Waals surface area contributed by atoms with Gasteiger partial charge >= 0.3 is 5.69 Å². The normalized spacial score (nSPS) is 12.1. The molecule has 0 amide bonds. The van der Waals surface area contributed by atoms with Crippen LogP contribution in [0, 0.1) is 0 Å². The van der Waals surface area contributed by atoms with Gasteiger partial charge in [-0.2, -0.15) is 0 Å². The van der Waals surface area contributed by atoms with Gasteiger partial charge in [0.15, 0.2) is 4.90 Å². The Morgan fingerprint density at radius 2 is 1.59 bits per heavy atom. The van der Waals surface area contributed by atoms with Gasteiger partial charge in [0, 0.05) is 28.2 Å². The van der Waals surface area contributed by atoms with E-state index in [2.05, 4.69) is 0 Å². The highest BCUT2D eigenvalue weighted by atomic mass is 32.2. The molecule has 0 aliphatic rings. The maximum atomic E-state index is 11.9. The Morgan fingerprint density at radius 1 is 1.12 bits per heavy atom. The molecule has 1 rings (SSSR count). The smallest absolute Gasteiger partial charge is 0.332 e. The molecule has 0 bridgehead atoms. The maximum absolute atomic E-state index is 11.9. The van der Waals surface area contributed by atoms with Crippen LogP contribution in [0.3, 0.4) is 0 Å². The summed E-state index contributed by atoms with van der Waals surface area (Å²) in [6, 6.07) is 0. The molecule has 1 aromatic heterocycles. The van der Waals surface area contributed by atoms with Gasteiger partial charge in [0.05, 0.1) is 0 Å². The van der Waals surface area contributed by atoms with Gasteiger partial charge in [0.2, 0.25) is 0 Å². The summed E-state index contributed by atoms with van der Waals surface area (Å²) >= 11 is 0. The van der Waals surface area contributed by atoms with Crippen LogP contribution in [-0.4, -0.2) is 36.0 Å². The third kappa shape index (κ3) is 1.87. The van der Waals surface area contributed by atoms with Gasteiger partial charge in [-0.25, -0.2) is 17.5 Å². The Balaban J connectivity index is 3.94. The zero-order valence-corrected chi connectivity index (χ0v) is 10.8. The van der Waals surface area contributed by atoms with Crippen LogP contribution in [0.15, 0.2) is 14.5 Å². The average molecular weight is 262 g/mol. The van der Waals surface area contributed by atoms with Crippen LogP contribution < -0.4 is 17.0 Å². The Morgan fingerprint density at radius 3 is 2.00 bits per heavy atom. The van der Waals surface area contributed by atoms with E-state index in [1.165, 1.54) is 28.2 Å². The molecule has 17 heavy (non-hydrogen) atoms. The highest BCUT2D eigenvalue weighted by Crippen LogP contribution is 2.13. The molecule has 0 aromatic carbocycles. The minimum absolute atomic E-state index is 0.369. The summed E-state index contributed by atoms with van der Waals surface area (Å²) in [5.41, 5.74) is 3.91. The fraction of sp³-hybridized carbons (Fsp3) is 0.500. The molecule has 8 nitrogen and oxygen atoms in total. The van der Waals surface area contributed by atoms with Gasteiger partial charge in [0.25, 0.3) is 15.6 Å². The lowest BCUT2D eigenvalue weighted by atomic mass is 10.5. The lowest BCUT2D eigenvalue weighted by molar-refractivity contribution is 0.515. The molecule has 2 N–H and O–H groups in total. The van der Waals surface area contributed by atoms with Gasteiger partial charge in [-0.05, 0) is 0 Å². The van der Waals surface area contributed by atoms with E-state index in [4.69, 9.17) is 5.73 Å². The van der Waals surface area contributed by atoms with Crippen LogP contribution in [0.2, 0.25) is 0 Å². The van der Waals surface area contributed by atoms with Gasteiger partial charge in [0.1, 0.15) is 5.82 Å². The van der Waals surface area contributed by atoms with E-state index in [-0.39, 0.29) is 5.82 Å². The number of aromatic nitrogens is 2. The Hall–Kier alpha value is -1.61. The first-order valence-corrected chi connectivity index (χ1v) is 6.04. The number of hydrogen-bond acceptors (Lipinski definition) is 5. The van der Waals surface area contributed by atoms with E-state index in [1.807, 2.05) is 0 Å². The van der Waals surface area contributed by atoms with Crippen molar-refractivity contribution in [3.05, 3.63) is 20.8 Å². The van der Waals surface area contributed by atoms with E-state index in [9.17, 15) is 18.0 Å². The number of anilines is 1. The summed E-state index contributed by atoms with van der Waals surface area (Å²) in [7, 11) is 1.06. The SMILES string of the molecule is CN(C)S(=O)(=O)c1c(N)n(C)c(=O)n(C)c1=O. The van der Waals surface area contributed by atoms with Crippen molar-refractivity contribution in [3.8, 4) is 0 Å². The van der Waals surface area contributed by atoms with Crippen molar-refractivity contribution in [2.45, 2.75) is 4.90 Å². The van der Waals surface area contributed by atoms with Gasteiger partial charge < -0.3 is 5.73 Å². The fourth-order valence-corrected chi connectivity index (χ4v) is 2.38. The molecule has 1 aromatic rings. The number of nitrogens with zero attached hydrogens (tertiary/aromatic N) is 3. The standard InChI is InChI=1S/C8H14N4O4S/c1-10(2)17(15,16)5-6(9)11(3)8(14)12(4)7(5)13/h9H2,1-4H3. The van der Waals surface area contributed by atoms with E-state index in [1.54, 1.807) is 0 Å². The van der Waals surface area contributed by atoms with Crippen molar-refractivity contribution in [1.82, 2.24) is 13.4 Å². The number of nitrogen functional groups attached to an aromatic ring is 1. The molecule has 0 saturated heterocycles. The average Bonchev–Trinajstić information content (AvgIpc) is 2.23. The van der Waals surface area contributed by atoms with Gasteiger partial charge in [-0.1, -0.05) is 0 Å². The van der Waals surface area contributed by atoms with Crippen LogP contribution in [0.25, 0.3) is 0 Å². The second-order valence-electron chi connectivity index (χ2n) is 3.71. The first-order valence-electron chi connectivity index (χ1n) is 4.60. The summed E-state index contributed by atoms with van der Waals surface area (Å²) in [5, 5.41) is 0. The first-order chi connectivity index (χ1) is 7.62. The molecular weight excluding hydrogens is 248 g/mol. The topological polar surface area (TPSA) is 107 Å². The molecule has 0 radical (unpaired) electrons. The van der Waals surface area contributed by atoms with E-state index in [0.717, 1.165) is 8.87 Å². The number of hydrogen-bond donors (Lipinski definition) is 1. The van der Waals surface area contributed by atoms with Crippen LogP contribution in [0.1, 0.15) is 0 Å². The van der Waals surface area contributed by atoms with Crippen LogP contribution in [0.4, 0.5) is 5.82 Å². The van der Waals surface area contributed by atoms with Gasteiger partial charge in [-0.15, -0.1) is 0 Å². The summed E-state index contributed by atoms with van der Waals surface area (Å²) in [6.45, 7) is 0. The third-order valence-corrected chi connectivity index (χ3v) is 4.27. The Labute approximate surface area is 97.9 Å². The van der Waals surface area contributed by atoms with Crippen molar-refractivity contribution >= 4 is 15.8 Å². The second-order valence-corrected chi connectivity index (χ2v) is 5.80. The van der Waals surface area contributed by atoms with E-state index >= 15 is 0 Å². The first kappa shape index (κ1) is 13.5. The van der Waals surface area contributed by atoms with Crippen LogP contribution in [-0.2, 0) is 24.1 Å². The predicted molar refractivity (Wildman–Crippen MR) is 62.2 cm³/mol. The summed E-state index contributed by atoms with van der Waals surface area (Å²) in [6.07, 6.45) is 0. The zero-order valence-electron chi connectivity index (χ0n) is 9.96. The monoisotopic (exact) mass is 262 g/mol. The molecule has 96 valence electrons. The number of rotatable bonds is 2. The molecule has 0 atom stereocenters. The lowest BCUT2D eigenvalue weighted by Crippen LogP contribution is -2.43. The molecule has 0 fully saturated rings. The molecule has 0 spiro atoms. The van der Waals surface area contributed by atoms with Crippen LogP contribution >= 0.6 is 0 Å². The molecule has 0 aliphatic carbocycles. The quantitative estimate of drug-likeness (QED) is 0.658. The minimum atomic E-state index is -3.98. The van der Waals surface area contributed by atoms with Crippen LogP contribution in [0.5, 0.6) is 0 Å². The predicted octanol–water partition coefficient (Wildman–Crippen LogP) is -2.08. The van der Waals surface area contributed by atoms with Crippen molar-refractivity contribution in [1.29, 1.82) is 0 Å². The summed E-state index contributed by atoms with van der Waals surface area (Å²) in [4.78, 5) is 22.7. The van der Waals surface area contributed by atoms with Crippen molar-refractivity contribution in [3.63, 3.8) is 0 Å². The highest BCUT2D eigenvalue weighted by molar-refractivity contribution is 7.89. The summed E-state index contributed by atoms with van der Waals surface area (Å²) < 4.78 is 26.3. The van der Waals surface area contributed by atoms with E-state index in [0.29, 0.717) is 4.57 Å².